The standard InChI is InChI=1S/C19H20N2O3/c22-19(16-4-3-5-17-18(16)24-13-12-23-17)20-14-6-8-15(9-7-14)21-10-1-2-11-21/h3-9H,1-2,10-13H2,(H,20,22). The van der Waals surface area contributed by atoms with E-state index in [0.29, 0.717) is 30.3 Å². The molecule has 2 heterocycles. The molecule has 2 aliphatic heterocycles. The number of fused-ring (bicyclic) bond motifs is 1. The molecule has 0 aliphatic carbocycles. The van der Waals surface area contributed by atoms with Crippen molar-refractivity contribution in [3.05, 3.63) is 48.0 Å². The number of nitrogens with one attached hydrogen (secondary N) is 1. The first-order valence-corrected chi connectivity index (χ1v) is 8.36. The average Bonchev–Trinajstić information content (AvgIpc) is 3.16. The smallest absolute Gasteiger partial charge is 0.259 e. The van der Waals surface area contributed by atoms with E-state index < -0.39 is 0 Å². The fourth-order valence-corrected chi connectivity index (χ4v) is 3.18. The predicted octanol–water partition coefficient (Wildman–Crippen LogP) is 3.31. The first kappa shape index (κ1) is 14.9. The summed E-state index contributed by atoms with van der Waals surface area (Å²) in [6, 6.07) is 13.4. The van der Waals surface area contributed by atoms with Gasteiger partial charge in [-0.1, -0.05) is 6.07 Å². The van der Waals surface area contributed by atoms with Crippen LogP contribution in [0.1, 0.15) is 23.2 Å². The Bertz CT molecular complexity index is 737. The Kier molecular flexibility index (Phi) is 3.99. The Morgan fingerprint density at radius 2 is 1.71 bits per heavy atom. The molecule has 0 spiro atoms. The van der Waals surface area contributed by atoms with Crippen molar-refractivity contribution in [3.8, 4) is 11.5 Å². The molecule has 5 heteroatoms. The lowest BCUT2D eigenvalue weighted by molar-refractivity contribution is 0.101. The van der Waals surface area contributed by atoms with Gasteiger partial charge in [-0.3, -0.25) is 4.79 Å². The Morgan fingerprint density at radius 3 is 2.50 bits per heavy atom. The van der Waals surface area contributed by atoms with Crippen molar-refractivity contribution < 1.29 is 14.3 Å². The van der Waals surface area contributed by atoms with Crippen LogP contribution in [0.4, 0.5) is 11.4 Å². The zero-order chi connectivity index (χ0) is 16.4. The van der Waals surface area contributed by atoms with E-state index in [9.17, 15) is 4.79 Å². The summed E-state index contributed by atoms with van der Waals surface area (Å²) in [6.07, 6.45) is 2.50. The highest BCUT2D eigenvalue weighted by atomic mass is 16.6. The number of para-hydroxylation sites is 1. The van der Waals surface area contributed by atoms with Crippen LogP contribution in [0.3, 0.4) is 0 Å². The third kappa shape index (κ3) is 2.89. The summed E-state index contributed by atoms with van der Waals surface area (Å²) in [5.41, 5.74) is 2.48. The van der Waals surface area contributed by atoms with Gasteiger partial charge < -0.3 is 19.7 Å². The van der Waals surface area contributed by atoms with Crippen LogP contribution in [-0.2, 0) is 0 Å². The minimum Gasteiger partial charge on any atom is -0.486 e. The van der Waals surface area contributed by atoms with E-state index in [-0.39, 0.29) is 5.91 Å². The van der Waals surface area contributed by atoms with E-state index in [0.717, 1.165) is 18.8 Å². The topological polar surface area (TPSA) is 50.8 Å². The second-order valence-electron chi connectivity index (χ2n) is 6.02. The van der Waals surface area contributed by atoms with Crippen LogP contribution in [0, 0.1) is 0 Å². The first-order valence-electron chi connectivity index (χ1n) is 8.36. The number of carbonyl (C=O) groups excluding carboxylic acids is 1. The van der Waals surface area contributed by atoms with Crippen LogP contribution < -0.4 is 19.7 Å². The number of ether oxygens (including phenoxy) is 2. The summed E-state index contributed by atoms with van der Waals surface area (Å²) in [6.45, 7) is 3.19. The lowest BCUT2D eigenvalue weighted by Gasteiger charge is -2.20. The Morgan fingerprint density at radius 1 is 0.958 bits per heavy atom. The monoisotopic (exact) mass is 324 g/mol. The molecule has 1 N–H and O–H groups in total. The molecular weight excluding hydrogens is 304 g/mol. The van der Waals surface area contributed by atoms with Gasteiger partial charge in [0.15, 0.2) is 11.5 Å². The molecule has 124 valence electrons. The molecular formula is C19H20N2O3. The van der Waals surface area contributed by atoms with Crippen molar-refractivity contribution in [2.75, 3.05) is 36.5 Å². The molecule has 4 rings (SSSR count). The minimum atomic E-state index is -0.189. The zero-order valence-electron chi connectivity index (χ0n) is 13.5. The third-order valence-corrected chi connectivity index (χ3v) is 4.41. The predicted molar refractivity (Wildman–Crippen MR) is 93.3 cm³/mol. The van der Waals surface area contributed by atoms with Crippen molar-refractivity contribution in [3.63, 3.8) is 0 Å². The molecule has 2 aromatic carbocycles. The van der Waals surface area contributed by atoms with Crippen LogP contribution in [0.15, 0.2) is 42.5 Å². The molecule has 0 atom stereocenters. The van der Waals surface area contributed by atoms with Gasteiger partial charge in [0.25, 0.3) is 5.91 Å². The molecule has 2 aliphatic rings. The van der Waals surface area contributed by atoms with Crippen LogP contribution in [0.5, 0.6) is 11.5 Å². The quantitative estimate of drug-likeness (QED) is 0.941. The van der Waals surface area contributed by atoms with Crippen LogP contribution >= 0.6 is 0 Å². The first-order chi connectivity index (χ1) is 11.8. The fraction of sp³-hybridized carbons (Fsp3) is 0.316. The molecule has 1 fully saturated rings. The summed E-state index contributed by atoms with van der Waals surface area (Å²) >= 11 is 0. The normalized spacial score (nSPS) is 16.1. The van der Waals surface area contributed by atoms with Crippen molar-refractivity contribution in [2.24, 2.45) is 0 Å². The number of hydrogen-bond acceptors (Lipinski definition) is 4. The van der Waals surface area contributed by atoms with Crippen LogP contribution in [-0.4, -0.2) is 32.2 Å². The van der Waals surface area contributed by atoms with E-state index in [1.54, 1.807) is 12.1 Å². The molecule has 0 aromatic heterocycles. The minimum absolute atomic E-state index is 0.189. The molecule has 0 saturated carbocycles. The van der Waals surface area contributed by atoms with E-state index in [1.807, 2.05) is 18.2 Å². The van der Waals surface area contributed by atoms with Crippen molar-refractivity contribution >= 4 is 17.3 Å². The maximum absolute atomic E-state index is 12.6. The molecule has 2 aromatic rings. The van der Waals surface area contributed by atoms with E-state index >= 15 is 0 Å². The van der Waals surface area contributed by atoms with Gasteiger partial charge >= 0.3 is 0 Å². The number of carbonyl (C=O) groups is 1. The lowest BCUT2D eigenvalue weighted by Crippen LogP contribution is -2.20. The van der Waals surface area contributed by atoms with Crippen LogP contribution in [0.2, 0.25) is 0 Å². The van der Waals surface area contributed by atoms with Gasteiger partial charge in [-0.25, -0.2) is 0 Å². The summed E-state index contributed by atoms with van der Waals surface area (Å²) in [5.74, 6) is 0.958. The number of anilines is 2. The van der Waals surface area contributed by atoms with Crippen molar-refractivity contribution in [1.29, 1.82) is 0 Å². The SMILES string of the molecule is O=C(Nc1ccc(N2CCCC2)cc1)c1cccc2c1OCCO2. The lowest BCUT2D eigenvalue weighted by atomic mass is 10.1. The molecule has 0 bridgehead atoms. The van der Waals surface area contributed by atoms with Crippen molar-refractivity contribution in [1.82, 2.24) is 0 Å². The maximum Gasteiger partial charge on any atom is 0.259 e. The van der Waals surface area contributed by atoms with Gasteiger partial charge in [0, 0.05) is 24.5 Å². The van der Waals surface area contributed by atoms with Gasteiger partial charge in [0.1, 0.15) is 13.2 Å². The Hall–Kier alpha value is -2.69. The second-order valence-corrected chi connectivity index (χ2v) is 6.02. The molecule has 0 unspecified atom stereocenters. The molecule has 0 radical (unpaired) electrons. The summed E-state index contributed by atoms with van der Waals surface area (Å²) in [7, 11) is 0. The van der Waals surface area contributed by atoms with E-state index in [4.69, 9.17) is 9.47 Å². The molecule has 24 heavy (non-hydrogen) atoms. The third-order valence-electron chi connectivity index (χ3n) is 4.41. The average molecular weight is 324 g/mol. The number of hydrogen-bond donors (Lipinski definition) is 1. The largest absolute Gasteiger partial charge is 0.486 e. The molecule has 1 amide bonds. The molecule has 1 saturated heterocycles. The fourth-order valence-electron chi connectivity index (χ4n) is 3.18. The van der Waals surface area contributed by atoms with Gasteiger partial charge in [-0.05, 0) is 49.2 Å². The number of amides is 1. The summed E-state index contributed by atoms with van der Waals surface area (Å²) < 4.78 is 11.1. The summed E-state index contributed by atoms with van der Waals surface area (Å²) in [4.78, 5) is 14.9. The summed E-state index contributed by atoms with van der Waals surface area (Å²) in [5, 5.41) is 2.93. The van der Waals surface area contributed by atoms with Gasteiger partial charge in [0.05, 0.1) is 5.56 Å². The zero-order valence-corrected chi connectivity index (χ0v) is 13.5. The highest BCUT2D eigenvalue weighted by Crippen LogP contribution is 2.34. The van der Waals surface area contributed by atoms with Gasteiger partial charge in [0.2, 0.25) is 0 Å². The molecule has 5 nitrogen and oxygen atoms in total. The van der Waals surface area contributed by atoms with E-state index in [2.05, 4.69) is 22.3 Å². The highest BCUT2D eigenvalue weighted by Gasteiger charge is 2.20. The van der Waals surface area contributed by atoms with Gasteiger partial charge in [-0.15, -0.1) is 0 Å². The number of rotatable bonds is 3. The Labute approximate surface area is 141 Å². The second kappa shape index (κ2) is 6.43. The number of benzene rings is 2. The van der Waals surface area contributed by atoms with E-state index in [1.165, 1.54) is 18.5 Å². The maximum atomic E-state index is 12.6. The van der Waals surface area contributed by atoms with Crippen LogP contribution in [0.25, 0.3) is 0 Å². The van der Waals surface area contributed by atoms with Crippen molar-refractivity contribution in [2.45, 2.75) is 12.8 Å². The Balaban J connectivity index is 1.50. The highest BCUT2D eigenvalue weighted by molar-refractivity contribution is 6.06. The van der Waals surface area contributed by atoms with Gasteiger partial charge in [-0.2, -0.15) is 0 Å². The number of nitrogens with zero attached hydrogens (tertiary/aromatic N) is 1.